The number of hydrogen-bond acceptors (Lipinski definition) is 3. The molecule has 0 spiro atoms. The number of ether oxygens (including phenoxy) is 1. The van der Waals surface area contributed by atoms with E-state index in [1.165, 1.54) is 0 Å². The molecule has 168 valence electrons. The number of rotatable bonds is 11. The minimum Gasteiger partial charge on any atom is -0.464 e. The highest BCUT2D eigenvalue weighted by Gasteiger charge is 2.42. The second-order valence-corrected chi connectivity index (χ2v) is 9.61. The van der Waals surface area contributed by atoms with Crippen molar-refractivity contribution >= 4 is 12.0 Å². The van der Waals surface area contributed by atoms with Crippen molar-refractivity contribution in [2.24, 2.45) is 11.3 Å². The Morgan fingerprint density at radius 2 is 1.97 bits per heavy atom. The smallest absolute Gasteiger partial charge is 0.340 e. The quantitative estimate of drug-likeness (QED) is 0.358. The van der Waals surface area contributed by atoms with Crippen LogP contribution in [-0.2, 0) is 9.53 Å². The Morgan fingerprint density at radius 3 is 2.52 bits per heavy atom. The van der Waals surface area contributed by atoms with Crippen LogP contribution in [0.5, 0.6) is 0 Å². The fraction of sp³-hybridized carbons (Fsp3) is 0.826. The van der Waals surface area contributed by atoms with E-state index in [0.717, 1.165) is 32.1 Å². The van der Waals surface area contributed by atoms with Crippen molar-refractivity contribution in [3.8, 4) is 0 Å². The highest BCUT2D eigenvalue weighted by atomic mass is 19.1. The van der Waals surface area contributed by atoms with E-state index < -0.39 is 23.1 Å². The van der Waals surface area contributed by atoms with Crippen molar-refractivity contribution in [3.05, 3.63) is 12.7 Å². The topological polar surface area (TPSA) is 67.4 Å². The Hall–Kier alpha value is -1.59. The first kappa shape index (κ1) is 25.4. The first-order valence-electron chi connectivity index (χ1n) is 10.9. The van der Waals surface area contributed by atoms with Crippen molar-refractivity contribution < 1.29 is 18.7 Å². The van der Waals surface area contributed by atoms with Crippen LogP contribution in [0, 0.1) is 11.3 Å². The number of nitrogens with one attached hydrogen (secondary N) is 2. The van der Waals surface area contributed by atoms with Gasteiger partial charge in [0.2, 0.25) is 0 Å². The summed E-state index contributed by atoms with van der Waals surface area (Å²) in [4.78, 5) is 24.4. The summed E-state index contributed by atoms with van der Waals surface area (Å²) in [6, 6.07) is -0.189. The molecule has 1 aliphatic carbocycles. The van der Waals surface area contributed by atoms with Gasteiger partial charge in [-0.15, -0.1) is 6.58 Å². The largest absolute Gasteiger partial charge is 0.464 e. The number of urea groups is 1. The Morgan fingerprint density at radius 1 is 1.31 bits per heavy atom. The minimum atomic E-state index is -1.64. The van der Waals surface area contributed by atoms with E-state index in [0.29, 0.717) is 12.3 Å². The van der Waals surface area contributed by atoms with Crippen LogP contribution in [-0.4, -0.2) is 35.9 Å². The molecule has 1 fully saturated rings. The van der Waals surface area contributed by atoms with Gasteiger partial charge in [0.05, 0.1) is 6.61 Å². The Kier molecular flexibility index (Phi) is 9.16. The molecule has 0 radical (unpaired) electrons. The Labute approximate surface area is 176 Å². The monoisotopic (exact) mass is 412 g/mol. The lowest BCUT2D eigenvalue weighted by atomic mass is 9.71. The van der Waals surface area contributed by atoms with E-state index in [1.54, 1.807) is 6.92 Å². The summed E-state index contributed by atoms with van der Waals surface area (Å²) in [6.07, 6.45) is 5.74. The number of hydrogen-bond donors (Lipinski definition) is 2. The van der Waals surface area contributed by atoms with E-state index >= 15 is 0 Å². The SMILES string of the molecule is C=CCC1CCC(CC)(NC(=O)NC(C)(C)C(C)(C)CCC(F)C(=O)OCC)C1. The molecule has 0 aromatic rings. The minimum absolute atomic E-state index is 0.0701. The van der Waals surface area contributed by atoms with Gasteiger partial charge < -0.3 is 15.4 Å². The summed E-state index contributed by atoms with van der Waals surface area (Å²) < 4.78 is 18.8. The molecule has 0 aliphatic heterocycles. The number of amides is 2. The second kappa shape index (κ2) is 10.4. The van der Waals surface area contributed by atoms with Crippen LogP contribution >= 0.6 is 0 Å². The van der Waals surface area contributed by atoms with Crippen molar-refractivity contribution in [1.29, 1.82) is 0 Å². The molecule has 1 saturated carbocycles. The standard InChI is InChI=1S/C23H41FN2O3/c1-8-11-17-12-15-23(9-2,16-17)26-20(28)25-22(6,7)21(4,5)14-13-18(24)19(27)29-10-3/h8,17-18H,1,9-16H2,2-7H3,(H2,25,26,28). The molecular formula is C23H41FN2O3. The predicted molar refractivity (Wildman–Crippen MR) is 115 cm³/mol. The lowest BCUT2D eigenvalue weighted by Crippen LogP contribution is -2.60. The molecule has 29 heavy (non-hydrogen) atoms. The highest BCUT2D eigenvalue weighted by molar-refractivity contribution is 5.76. The van der Waals surface area contributed by atoms with Crippen molar-refractivity contribution in [3.63, 3.8) is 0 Å². The van der Waals surface area contributed by atoms with E-state index in [-0.39, 0.29) is 24.6 Å². The average Bonchev–Trinajstić information content (AvgIpc) is 3.02. The lowest BCUT2D eigenvalue weighted by molar-refractivity contribution is -0.149. The molecule has 1 aliphatic rings. The number of esters is 1. The van der Waals surface area contributed by atoms with Crippen LogP contribution in [0.3, 0.4) is 0 Å². The maximum Gasteiger partial charge on any atom is 0.340 e. The maximum atomic E-state index is 14.0. The molecule has 3 unspecified atom stereocenters. The van der Waals surface area contributed by atoms with Crippen molar-refractivity contribution in [2.45, 2.75) is 104 Å². The summed E-state index contributed by atoms with van der Waals surface area (Å²) in [7, 11) is 0. The fourth-order valence-electron chi connectivity index (χ4n) is 4.07. The maximum absolute atomic E-state index is 14.0. The van der Waals surface area contributed by atoms with Gasteiger partial charge in [-0.25, -0.2) is 14.0 Å². The third kappa shape index (κ3) is 7.00. The van der Waals surface area contributed by atoms with Gasteiger partial charge in [0.25, 0.3) is 0 Å². The molecule has 0 bridgehead atoms. The van der Waals surface area contributed by atoms with Gasteiger partial charge in [-0.05, 0) is 77.0 Å². The number of halogens is 1. The third-order valence-corrected chi connectivity index (χ3v) is 6.95. The van der Waals surface area contributed by atoms with Gasteiger partial charge in [-0.2, -0.15) is 0 Å². The third-order valence-electron chi connectivity index (χ3n) is 6.95. The first-order chi connectivity index (χ1) is 13.4. The molecule has 5 nitrogen and oxygen atoms in total. The molecule has 0 aromatic carbocycles. The second-order valence-electron chi connectivity index (χ2n) is 9.61. The molecule has 6 heteroatoms. The van der Waals surface area contributed by atoms with Gasteiger partial charge in [0, 0.05) is 11.1 Å². The Balaban J connectivity index is 2.67. The summed E-state index contributed by atoms with van der Waals surface area (Å²) in [5.74, 6) is -0.242. The van der Waals surface area contributed by atoms with E-state index in [4.69, 9.17) is 4.74 Å². The number of carbonyl (C=O) groups is 2. The molecule has 1 rings (SSSR count). The summed E-state index contributed by atoms with van der Waals surface area (Å²) in [6.45, 7) is 15.6. The normalized spacial score (nSPS) is 23.3. The number of allylic oxidation sites excluding steroid dienone is 1. The summed E-state index contributed by atoms with van der Waals surface area (Å²) in [5.41, 5.74) is -1.17. The van der Waals surface area contributed by atoms with E-state index in [9.17, 15) is 14.0 Å². The van der Waals surface area contributed by atoms with E-state index in [1.807, 2.05) is 33.8 Å². The number of alkyl halides is 1. The zero-order chi connectivity index (χ0) is 22.3. The Bertz CT molecular complexity index is 576. The molecule has 0 saturated heterocycles. The molecule has 2 amide bonds. The molecule has 3 atom stereocenters. The van der Waals surface area contributed by atoms with Crippen molar-refractivity contribution in [2.75, 3.05) is 6.61 Å². The molecule has 0 heterocycles. The van der Waals surface area contributed by atoms with Crippen molar-refractivity contribution in [1.82, 2.24) is 10.6 Å². The van der Waals surface area contributed by atoms with Gasteiger partial charge in [0.1, 0.15) is 0 Å². The van der Waals surface area contributed by atoms with Crippen LogP contribution in [0.25, 0.3) is 0 Å². The van der Waals surface area contributed by atoms with Crippen LogP contribution in [0.2, 0.25) is 0 Å². The number of carbonyl (C=O) groups excluding carboxylic acids is 2. The van der Waals surface area contributed by atoms with Crippen LogP contribution in [0.15, 0.2) is 12.7 Å². The molecule has 0 aromatic heterocycles. The predicted octanol–water partition coefficient (Wildman–Crippen LogP) is 5.30. The van der Waals surface area contributed by atoms with Gasteiger partial charge >= 0.3 is 12.0 Å². The summed E-state index contributed by atoms with van der Waals surface area (Å²) >= 11 is 0. The van der Waals surface area contributed by atoms with E-state index in [2.05, 4.69) is 24.1 Å². The first-order valence-corrected chi connectivity index (χ1v) is 10.9. The van der Waals surface area contributed by atoms with Gasteiger partial charge in [-0.1, -0.05) is 26.8 Å². The summed E-state index contributed by atoms with van der Waals surface area (Å²) in [5, 5.41) is 6.32. The van der Waals surface area contributed by atoms with Crippen LogP contribution in [0.1, 0.15) is 86.5 Å². The van der Waals surface area contributed by atoms with Crippen LogP contribution < -0.4 is 10.6 Å². The average molecular weight is 413 g/mol. The van der Waals surface area contributed by atoms with Gasteiger partial charge in [-0.3, -0.25) is 0 Å². The molecule has 2 N–H and O–H groups in total. The zero-order valence-corrected chi connectivity index (χ0v) is 19.2. The zero-order valence-electron chi connectivity index (χ0n) is 19.2. The highest BCUT2D eigenvalue weighted by Crippen LogP contribution is 2.39. The van der Waals surface area contributed by atoms with Gasteiger partial charge in [0.15, 0.2) is 6.17 Å². The fourth-order valence-corrected chi connectivity index (χ4v) is 4.07. The molecular weight excluding hydrogens is 371 g/mol. The van der Waals surface area contributed by atoms with Crippen LogP contribution in [0.4, 0.5) is 9.18 Å². The lowest BCUT2D eigenvalue weighted by Gasteiger charge is -2.43.